The van der Waals surface area contributed by atoms with Crippen LogP contribution in [0.1, 0.15) is 24.1 Å². The zero-order valence-electron chi connectivity index (χ0n) is 7.94. The number of hydrogen-bond donors (Lipinski definition) is 3. The van der Waals surface area contributed by atoms with Crippen LogP contribution >= 0.6 is 0 Å². The van der Waals surface area contributed by atoms with Gasteiger partial charge in [-0.1, -0.05) is 6.07 Å². The van der Waals surface area contributed by atoms with E-state index < -0.39 is 18.0 Å². The summed E-state index contributed by atoms with van der Waals surface area (Å²) in [5.74, 6) is -0.464. The summed E-state index contributed by atoms with van der Waals surface area (Å²) in [5, 5.41) is 18.0. The third-order valence-corrected chi connectivity index (χ3v) is 2.14. The van der Waals surface area contributed by atoms with E-state index in [0.29, 0.717) is 5.56 Å². The van der Waals surface area contributed by atoms with Crippen LogP contribution in [0.5, 0.6) is 0 Å². The Morgan fingerprint density at radius 1 is 1.50 bits per heavy atom. The van der Waals surface area contributed by atoms with Crippen LogP contribution in [0, 0.1) is 5.82 Å². The molecule has 1 unspecified atom stereocenters. The molecule has 1 aromatic carbocycles. The number of aliphatic hydroxyl groups excluding tert-OH is 2. The van der Waals surface area contributed by atoms with Crippen LogP contribution < -0.4 is 5.73 Å². The van der Waals surface area contributed by atoms with Crippen LogP contribution in [0.25, 0.3) is 0 Å². The second kappa shape index (κ2) is 4.50. The highest BCUT2D eigenvalue weighted by Gasteiger charge is 2.13. The summed E-state index contributed by atoms with van der Waals surface area (Å²) < 4.78 is 13.0. The van der Waals surface area contributed by atoms with Crippen molar-refractivity contribution < 1.29 is 14.6 Å². The zero-order chi connectivity index (χ0) is 10.7. The van der Waals surface area contributed by atoms with Crippen molar-refractivity contribution in [3.63, 3.8) is 0 Å². The van der Waals surface area contributed by atoms with Crippen molar-refractivity contribution in [1.29, 1.82) is 0 Å². The van der Waals surface area contributed by atoms with Crippen LogP contribution in [0.2, 0.25) is 0 Å². The van der Waals surface area contributed by atoms with Gasteiger partial charge in [-0.2, -0.15) is 0 Å². The average Bonchev–Trinajstić information content (AvgIpc) is 2.17. The highest BCUT2D eigenvalue weighted by Crippen LogP contribution is 2.18. The van der Waals surface area contributed by atoms with E-state index >= 15 is 0 Å². The van der Waals surface area contributed by atoms with E-state index in [2.05, 4.69) is 0 Å². The molecule has 1 aromatic rings. The van der Waals surface area contributed by atoms with Gasteiger partial charge in [0.25, 0.3) is 0 Å². The molecule has 0 radical (unpaired) electrons. The van der Waals surface area contributed by atoms with Crippen molar-refractivity contribution in [2.75, 3.05) is 0 Å². The summed E-state index contributed by atoms with van der Waals surface area (Å²) in [6.45, 7) is 1.19. The number of halogens is 1. The predicted molar refractivity (Wildman–Crippen MR) is 50.9 cm³/mol. The predicted octanol–water partition coefficient (Wildman–Crippen LogP) is 0.699. The molecule has 0 aliphatic rings. The smallest absolute Gasteiger partial charge is 0.128 e. The Kier molecular flexibility index (Phi) is 3.57. The normalized spacial score (nSPS) is 15.2. The molecule has 0 heterocycles. The molecule has 0 fully saturated rings. The van der Waals surface area contributed by atoms with Gasteiger partial charge in [0.1, 0.15) is 5.82 Å². The first kappa shape index (κ1) is 11.1. The molecule has 4 heteroatoms. The molecule has 0 aromatic heterocycles. The van der Waals surface area contributed by atoms with Gasteiger partial charge in [-0.3, -0.25) is 0 Å². The van der Waals surface area contributed by atoms with Gasteiger partial charge in [0.15, 0.2) is 0 Å². The summed E-state index contributed by atoms with van der Waals surface area (Å²) in [5.41, 5.74) is 6.47. The Labute approximate surface area is 82.0 Å². The number of hydrogen-bond acceptors (Lipinski definition) is 3. The summed E-state index contributed by atoms with van der Waals surface area (Å²) >= 11 is 0. The maximum absolute atomic E-state index is 13.0. The lowest BCUT2D eigenvalue weighted by molar-refractivity contribution is 0.164. The second-order valence-electron chi connectivity index (χ2n) is 3.28. The van der Waals surface area contributed by atoms with Crippen molar-refractivity contribution in [3.05, 3.63) is 35.1 Å². The van der Waals surface area contributed by atoms with Gasteiger partial charge in [0.05, 0.1) is 18.8 Å². The van der Waals surface area contributed by atoms with Crippen LogP contribution in [-0.2, 0) is 6.61 Å². The number of nitrogens with two attached hydrogens (primary N) is 1. The van der Waals surface area contributed by atoms with Crippen LogP contribution in [0.15, 0.2) is 18.2 Å². The second-order valence-corrected chi connectivity index (χ2v) is 3.28. The van der Waals surface area contributed by atoms with Crippen molar-refractivity contribution in [1.82, 2.24) is 0 Å². The highest BCUT2D eigenvalue weighted by atomic mass is 19.1. The molecule has 14 heavy (non-hydrogen) atoms. The molecule has 0 amide bonds. The number of benzene rings is 1. The quantitative estimate of drug-likeness (QED) is 0.671. The van der Waals surface area contributed by atoms with Gasteiger partial charge >= 0.3 is 0 Å². The minimum atomic E-state index is -0.702. The van der Waals surface area contributed by atoms with Gasteiger partial charge in [0, 0.05) is 5.56 Å². The fourth-order valence-electron chi connectivity index (χ4n) is 1.20. The van der Waals surface area contributed by atoms with E-state index in [-0.39, 0.29) is 12.2 Å². The molecule has 2 atom stereocenters. The molecule has 0 saturated heterocycles. The Hall–Kier alpha value is -0.970. The van der Waals surface area contributed by atoms with Crippen molar-refractivity contribution in [2.45, 2.75) is 25.7 Å². The van der Waals surface area contributed by atoms with Gasteiger partial charge in [0.2, 0.25) is 0 Å². The maximum Gasteiger partial charge on any atom is 0.128 e. The molecule has 0 aliphatic heterocycles. The molecular formula is C10H14FNO2. The third kappa shape index (κ3) is 2.29. The van der Waals surface area contributed by atoms with E-state index in [1.54, 1.807) is 6.92 Å². The fraction of sp³-hybridized carbons (Fsp3) is 0.400. The molecule has 0 spiro atoms. The Morgan fingerprint density at radius 2 is 2.14 bits per heavy atom. The molecule has 78 valence electrons. The molecule has 4 N–H and O–H groups in total. The van der Waals surface area contributed by atoms with E-state index in [1.807, 2.05) is 0 Å². The Bertz CT molecular complexity index is 315. The van der Waals surface area contributed by atoms with Gasteiger partial charge in [-0.25, -0.2) is 4.39 Å². The third-order valence-electron chi connectivity index (χ3n) is 2.14. The first-order valence-corrected chi connectivity index (χ1v) is 4.39. The molecule has 1 rings (SSSR count). The van der Waals surface area contributed by atoms with E-state index in [9.17, 15) is 9.50 Å². The topological polar surface area (TPSA) is 66.5 Å². The van der Waals surface area contributed by atoms with Crippen molar-refractivity contribution >= 4 is 0 Å². The molecular weight excluding hydrogens is 185 g/mol. The lowest BCUT2D eigenvalue weighted by Crippen LogP contribution is -2.23. The SMILES string of the molecule is CC(O)[C@H](N)c1ccc(F)c(CO)c1. The molecule has 0 bridgehead atoms. The fourth-order valence-corrected chi connectivity index (χ4v) is 1.20. The minimum Gasteiger partial charge on any atom is -0.392 e. The number of aliphatic hydroxyl groups is 2. The van der Waals surface area contributed by atoms with Crippen molar-refractivity contribution in [3.8, 4) is 0 Å². The summed E-state index contributed by atoms with van der Waals surface area (Å²) in [7, 11) is 0. The first-order chi connectivity index (χ1) is 6.56. The van der Waals surface area contributed by atoms with E-state index in [1.165, 1.54) is 18.2 Å². The molecule has 3 nitrogen and oxygen atoms in total. The lowest BCUT2D eigenvalue weighted by atomic mass is 10.0. The van der Waals surface area contributed by atoms with Crippen LogP contribution in [0.4, 0.5) is 4.39 Å². The van der Waals surface area contributed by atoms with E-state index in [0.717, 1.165) is 0 Å². The zero-order valence-corrected chi connectivity index (χ0v) is 7.94. The van der Waals surface area contributed by atoms with Gasteiger partial charge in [-0.15, -0.1) is 0 Å². The van der Waals surface area contributed by atoms with Crippen LogP contribution in [0.3, 0.4) is 0 Å². The van der Waals surface area contributed by atoms with Crippen molar-refractivity contribution in [2.24, 2.45) is 5.73 Å². The first-order valence-electron chi connectivity index (χ1n) is 4.39. The molecule has 0 aliphatic carbocycles. The summed E-state index contributed by atoms with van der Waals surface area (Å²) in [4.78, 5) is 0. The highest BCUT2D eigenvalue weighted by molar-refractivity contribution is 5.27. The van der Waals surface area contributed by atoms with Gasteiger partial charge in [-0.05, 0) is 24.6 Å². The summed E-state index contributed by atoms with van der Waals surface area (Å²) in [6, 6.07) is 3.66. The largest absolute Gasteiger partial charge is 0.392 e. The summed E-state index contributed by atoms with van der Waals surface area (Å²) in [6.07, 6.45) is -0.702. The average molecular weight is 199 g/mol. The lowest BCUT2D eigenvalue weighted by Gasteiger charge is -2.15. The van der Waals surface area contributed by atoms with Crippen LogP contribution in [-0.4, -0.2) is 16.3 Å². The van der Waals surface area contributed by atoms with Gasteiger partial charge < -0.3 is 15.9 Å². The standard InChI is InChI=1S/C10H14FNO2/c1-6(14)10(12)7-2-3-9(11)8(4-7)5-13/h2-4,6,10,13-14H,5,12H2,1H3/t6?,10-/m0/s1. The van der Waals surface area contributed by atoms with E-state index in [4.69, 9.17) is 10.8 Å². The maximum atomic E-state index is 13.0. The minimum absolute atomic E-state index is 0.193. The number of rotatable bonds is 3. The Balaban J connectivity index is 3.00. The molecule has 0 saturated carbocycles. The Morgan fingerprint density at radius 3 is 2.64 bits per heavy atom. The monoisotopic (exact) mass is 199 g/mol.